The lowest BCUT2D eigenvalue weighted by atomic mass is 9.93. The summed E-state index contributed by atoms with van der Waals surface area (Å²) < 4.78 is 45.3. The molecule has 0 radical (unpaired) electrons. The Morgan fingerprint density at radius 1 is 1.03 bits per heavy atom. The second kappa shape index (κ2) is 9.57. The highest BCUT2D eigenvalue weighted by Gasteiger charge is 2.33. The predicted molar refractivity (Wildman–Crippen MR) is 125 cm³/mol. The molecule has 34 heavy (non-hydrogen) atoms. The molecule has 1 heterocycles. The largest absolute Gasteiger partial charge is 0.468 e. The minimum absolute atomic E-state index is 0.177. The number of nitriles is 1. The molecular weight excluding hydrogens is 461 g/mol. The van der Waals surface area contributed by atoms with Gasteiger partial charge in [-0.2, -0.15) is 18.4 Å². The molecule has 1 aromatic heterocycles. The van der Waals surface area contributed by atoms with Gasteiger partial charge in [0.2, 0.25) is 0 Å². The van der Waals surface area contributed by atoms with Gasteiger partial charge in [0.1, 0.15) is 6.07 Å². The Bertz CT molecular complexity index is 1430. The Morgan fingerprint density at radius 2 is 1.71 bits per heavy atom. The number of aromatic nitrogens is 1. The van der Waals surface area contributed by atoms with E-state index in [1.807, 2.05) is 36.4 Å². The third-order valence-corrected chi connectivity index (χ3v) is 6.19. The van der Waals surface area contributed by atoms with Crippen molar-refractivity contribution in [1.82, 2.24) is 4.98 Å². The maximum atomic E-state index is 13.6. The number of nitrogens with zero attached hydrogens (tertiary/aromatic N) is 2. The summed E-state index contributed by atoms with van der Waals surface area (Å²) in [6, 6.07) is 20.7. The van der Waals surface area contributed by atoms with Crippen molar-refractivity contribution in [3.05, 3.63) is 84.1 Å². The summed E-state index contributed by atoms with van der Waals surface area (Å²) >= 11 is 1.34. The summed E-state index contributed by atoms with van der Waals surface area (Å²) in [4.78, 5) is 16.3. The average Bonchev–Trinajstić information content (AvgIpc) is 2.85. The minimum atomic E-state index is -4.57. The van der Waals surface area contributed by atoms with Crippen LogP contribution in [0.1, 0.15) is 11.1 Å². The van der Waals surface area contributed by atoms with Crippen LogP contribution in [0.15, 0.2) is 77.8 Å². The van der Waals surface area contributed by atoms with Crippen molar-refractivity contribution in [3.63, 3.8) is 0 Å². The van der Waals surface area contributed by atoms with Gasteiger partial charge in [0.05, 0.1) is 29.5 Å². The van der Waals surface area contributed by atoms with Crippen molar-refractivity contribution in [2.24, 2.45) is 0 Å². The fourth-order valence-corrected chi connectivity index (χ4v) is 4.46. The standard InChI is InChI=1S/C26H17F3N2O2S/c1-33-23(32)15-34-20-8-3-6-17(12-20)16-5-2-7-18(11-16)24-19(13-30)14-31-25-21(24)9-4-10-22(25)26(27,28)29/h2-12,14H,15H2,1H3. The summed E-state index contributed by atoms with van der Waals surface area (Å²) in [6.45, 7) is 0. The second-order valence-corrected chi connectivity index (χ2v) is 8.38. The predicted octanol–water partition coefficient (Wildman–Crippen LogP) is 6.72. The molecule has 8 heteroatoms. The molecule has 0 saturated carbocycles. The molecule has 0 saturated heterocycles. The summed E-state index contributed by atoms with van der Waals surface area (Å²) in [5, 5.41) is 9.92. The van der Waals surface area contributed by atoms with Crippen molar-refractivity contribution in [1.29, 1.82) is 5.26 Å². The Labute approximate surface area is 198 Å². The topological polar surface area (TPSA) is 63.0 Å². The van der Waals surface area contributed by atoms with Crippen LogP contribution in [-0.4, -0.2) is 23.8 Å². The molecule has 0 spiro atoms. The van der Waals surface area contributed by atoms with Gasteiger partial charge in [-0.3, -0.25) is 9.78 Å². The van der Waals surface area contributed by atoms with E-state index in [1.165, 1.54) is 31.1 Å². The number of pyridine rings is 1. The normalized spacial score (nSPS) is 11.3. The number of esters is 1. The van der Waals surface area contributed by atoms with E-state index in [9.17, 15) is 23.2 Å². The number of halogens is 3. The highest BCUT2D eigenvalue weighted by Crippen LogP contribution is 2.39. The summed E-state index contributed by atoms with van der Waals surface area (Å²) in [5.74, 6) is -0.153. The van der Waals surface area contributed by atoms with Gasteiger partial charge < -0.3 is 4.74 Å². The van der Waals surface area contributed by atoms with Gasteiger partial charge in [0, 0.05) is 22.0 Å². The van der Waals surface area contributed by atoms with E-state index < -0.39 is 11.7 Å². The molecule has 4 aromatic rings. The number of thioether (sulfide) groups is 1. The number of carbonyl (C=O) groups excluding carboxylic acids is 1. The maximum absolute atomic E-state index is 13.6. The molecule has 4 rings (SSSR count). The number of carbonyl (C=O) groups is 1. The Morgan fingerprint density at radius 3 is 2.41 bits per heavy atom. The zero-order valence-corrected chi connectivity index (χ0v) is 18.7. The molecule has 0 aliphatic heterocycles. The van der Waals surface area contributed by atoms with Gasteiger partial charge in [-0.25, -0.2) is 0 Å². The van der Waals surface area contributed by atoms with E-state index in [4.69, 9.17) is 0 Å². The van der Waals surface area contributed by atoms with Gasteiger partial charge in [-0.15, -0.1) is 11.8 Å². The van der Waals surface area contributed by atoms with Crippen LogP contribution in [0, 0.1) is 11.3 Å². The number of rotatable bonds is 5. The Balaban J connectivity index is 1.82. The summed E-state index contributed by atoms with van der Waals surface area (Å²) in [6.07, 6.45) is -3.38. The van der Waals surface area contributed by atoms with E-state index in [2.05, 4.69) is 15.8 Å². The molecule has 3 aromatic carbocycles. The number of para-hydroxylation sites is 1. The number of methoxy groups -OCH3 is 1. The van der Waals surface area contributed by atoms with Crippen LogP contribution in [0.2, 0.25) is 0 Å². The lowest BCUT2D eigenvalue weighted by molar-refractivity contribution is -0.137. The molecule has 0 N–H and O–H groups in total. The van der Waals surface area contributed by atoms with Gasteiger partial charge >= 0.3 is 12.1 Å². The monoisotopic (exact) mass is 478 g/mol. The third kappa shape index (κ3) is 4.75. The number of alkyl halides is 3. The van der Waals surface area contributed by atoms with Gasteiger partial charge in [0.15, 0.2) is 0 Å². The zero-order chi connectivity index (χ0) is 24.3. The van der Waals surface area contributed by atoms with E-state index >= 15 is 0 Å². The lowest BCUT2D eigenvalue weighted by Gasteiger charge is -2.14. The molecule has 0 amide bonds. The van der Waals surface area contributed by atoms with Crippen molar-refractivity contribution >= 4 is 28.6 Å². The molecule has 0 unspecified atom stereocenters. The number of hydrogen-bond donors (Lipinski definition) is 0. The number of hydrogen-bond acceptors (Lipinski definition) is 5. The maximum Gasteiger partial charge on any atom is 0.418 e. The molecule has 0 atom stereocenters. The minimum Gasteiger partial charge on any atom is -0.468 e. The van der Waals surface area contributed by atoms with Crippen LogP contribution >= 0.6 is 11.8 Å². The van der Waals surface area contributed by atoms with Crippen LogP contribution in [0.3, 0.4) is 0 Å². The first-order valence-electron chi connectivity index (χ1n) is 10.1. The third-order valence-electron chi connectivity index (χ3n) is 5.23. The van der Waals surface area contributed by atoms with Crippen LogP contribution < -0.4 is 0 Å². The van der Waals surface area contributed by atoms with Crippen LogP contribution in [-0.2, 0) is 15.7 Å². The first kappa shape index (κ1) is 23.3. The number of fused-ring (bicyclic) bond motifs is 1. The Kier molecular flexibility index (Phi) is 6.57. The van der Waals surface area contributed by atoms with Crippen LogP contribution in [0.4, 0.5) is 13.2 Å². The fourth-order valence-electron chi connectivity index (χ4n) is 3.67. The molecule has 4 nitrogen and oxygen atoms in total. The first-order chi connectivity index (χ1) is 16.3. The van der Waals surface area contributed by atoms with Crippen molar-refractivity contribution in [3.8, 4) is 28.3 Å². The van der Waals surface area contributed by atoms with Gasteiger partial charge in [-0.05, 0) is 41.0 Å². The second-order valence-electron chi connectivity index (χ2n) is 7.33. The Hall–Kier alpha value is -3.83. The fraction of sp³-hybridized carbons (Fsp3) is 0.115. The quantitative estimate of drug-likeness (QED) is 0.235. The first-order valence-corrected chi connectivity index (χ1v) is 11.1. The van der Waals surface area contributed by atoms with Crippen molar-refractivity contribution in [2.45, 2.75) is 11.1 Å². The van der Waals surface area contributed by atoms with Crippen LogP contribution in [0.25, 0.3) is 33.2 Å². The van der Waals surface area contributed by atoms with Gasteiger partial charge in [-0.1, -0.05) is 42.5 Å². The van der Waals surface area contributed by atoms with E-state index in [0.29, 0.717) is 11.1 Å². The SMILES string of the molecule is COC(=O)CSc1cccc(-c2cccc(-c3c(C#N)cnc4c(C(F)(F)F)cccc34)c2)c1. The van der Waals surface area contributed by atoms with E-state index in [1.54, 1.807) is 18.2 Å². The highest BCUT2D eigenvalue weighted by molar-refractivity contribution is 8.00. The molecule has 0 bridgehead atoms. The smallest absolute Gasteiger partial charge is 0.418 e. The number of benzene rings is 3. The van der Waals surface area contributed by atoms with Gasteiger partial charge in [0.25, 0.3) is 0 Å². The lowest BCUT2D eigenvalue weighted by Crippen LogP contribution is -2.07. The molecule has 0 fully saturated rings. The van der Waals surface area contributed by atoms with Crippen molar-refractivity contribution in [2.75, 3.05) is 12.9 Å². The zero-order valence-electron chi connectivity index (χ0n) is 17.9. The number of ether oxygens (including phenoxy) is 1. The van der Waals surface area contributed by atoms with Crippen molar-refractivity contribution < 1.29 is 22.7 Å². The highest BCUT2D eigenvalue weighted by atomic mass is 32.2. The van der Waals surface area contributed by atoms with E-state index in [0.717, 1.165) is 22.1 Å². The summed E-state index contributed by atoms with van der Waals surface area (Å²) in [7, 11) is 1.33. The molecular formula is C26H17F3N2O2S. The van der Waals surface area contributed by atoms with Crippen LogP contribution in [0.5, 0.6) is 0 Å². The molecule has 0 aliphatic rings. The average molecular weight is 478 g/mol. The molecule has 0 aliphatic carbocycles. The molecule has 170 valence electrons. The summed E-state index contributed by atoms with van der Waals surface area (Å²) in [5.41, 5.74) is 1.83. The van der Waals surface area contributed by atoms with E-state index in [-0.39, 0.29) is 28.2 Å².